The van der Waals surface area contributed by atoms with Gasteiger partial charge >= 0.3 is 5.97 Å². The summed E-state index contributed by atoms with van der Waals surface area (Å²) >= 11 is 0. The van der Waals surface area contributed by atoms with Crippen LogP contribution in [0.5, 0.6) is 0 Å². The summed E-state index contributed by atoms with van der Waals surface area (Å²) in [6.07, 6.45) is 3.79. The lowest BCUT2D eigenvalue weighted by Gasteiger charge is -2.40. The van der Waals surface area contributed by atoms with Crippen LogP contribution in [-0.4, -0.2) is 86.4 Å². The van der Waals surface area contributed by atoms with E-state index in [0.717, 1.165) is 64.3 Å². The number of piperazine rings is 1. The maximum Gasteiger partial charge on any atom is 0.335 e. The number of furan rings is 1. The number of rotatable bonds is 6. The van der Waals surface area contributed by atoms with Crippen LogP contribution in [0, 0.1) is 5.92 Å². The van der Waals surface area contributed by atoms with E-state index in [-0.39, 0.29) is 18.4 Å². The molecule has 2 aliphatic heterocycles. The predicted molar refractivity (Wildman–Crippen MR) is 145 cm³/mol. The average molecular weight is 540 g/mol. The molecule has 3 aromatic heterocycles. The van der Waals surface area contributed by atoms with E-state index in [4.69, 9.17) is 10.2 Å². The van der Waals surface area contributed by atoms with Crippen LogP contribution < -0.4 is 15.5 Å². The largest absolute Gasteiger partial charge is 0.478 e. The van der Waals surface area contributed by atoms with Crippen molar-refractivity contribution in [1.29, 1.82) is 0 Å². The molecule has 200 valence electrons. The Morgan fingerprint density at radius 2 is 1.89 bits per heavy atom. The number of nitrogens with two attached hydrogens (primary N) is 1. The Bertz CT molecular complexity index is 1400. The number of halogens is 1. The van der Waals surface area contributed by atoms with Gasteiger partial charge in [-0.05, 0) is 49.1 Å². The summed E-state index contributed by atoms with van der Waals surface area (Å²) in [6.45, 7) is 6.37. The lowest BCUT2D eigenvalue weighted by atomic mass is 9.97. The van der Waals surface area contributed by atoms with Crippen molar-refractivity contribution in [3.05, 3.63) is 48.2 Å². The highest BCUT2D eigenvalue weighted by molar-refractivity contribution is 5.88. The van der Waals surface area contributed by atoms with Crippen LogP contribution in [0.3, 0.4) is 0 Å². The number of nitrogens with zero attached hydrogens (tertiary/aromatic N) is 8. The van der Waals surface area contributed by atoms with Gasteiger partial charge in [-0.2, -0.15) is 19.5 Å². The number of carboxylic acid groups (broad SMARTS) is 1. The maximum absolute atomic E-state index is 11.3. The monoisotopic (exact) mass is 539 g/mol. The summed E-state index contributed by atoms with van der Waals surface area (Å²) in [7, 11) is 0. The number of nitrogen functional groups attached to an aromatic ring is 1. The Balaban J connectivity index is 0.00000294. The summed E-state index contributed by atoms with van der Waals surface area (Å²) in [5.74, 6) is 1.81. The van der Waals surface area contributed by atoms with Gasteiger partial charge in [0, 0.05) is 51.5 Å². The Morgan fingerprint density at radius 3 is 2.66 bits per heavy atom. The molecule has 5 heterocycles. The van der Waals surface area contributed by atoms with Crippen molar-refractivity contribution < 1.29 is 14.3 Å². The predicted octanol–water partition coefficient (Wildman–Crippen LogP) is 2.52. The number of benzene rings is 1. The third-order valence-electron chi connectivity index (χ3n) is 7.11. The molecule has 2 saturated heterocycles. The number of hydrogen-bond donors (Lipinski definition) is 2. The number of fused-ring (bicyclic) bond motifs is 1. The minimum absolute atomic E-state index is 0. The van der Waals surface area contributed by atoms with Crippen LogP contribution in [0.2, 0.25) is 0 Å². The molecule has 4 aromatic rings. The van der Waals surface area contributed by atoms with Gasteiger partial charge in [-0.1, -0.05) is 6.07 Å². The smallest absolute Gasteiger partial charge is 0.335 e. The molecule has 3 N–H and O–H groups in total. The lowest BCUT2D eigenvalue weighted by Crippen LogP contribution is -2.49. The summed E-state index contributed by atoms with van der Waals surface area (Å²) in [6, 6.07) is 10.8. The number of hydrogen-bond acceptors (Lipinski definition) is 10. The number of piperidine rings is 1. The first-order valence-electron chi connectivity index (χ1n) is 12.5. The van der Waals surface area contributed by atoms with Gasteiger partial charge in [0.15, 0.2) is 5.76 Å². The van der Waals surface area contributed by atoms with Gasteiger partial charge < -0.3 is 25.1 Å². The van der Waals surface area contributed by atoms with Gasteiger partial charge in [-0.25, -0.2) is 4.79 Å². The SMILES string of the molecule is Cl.Nc1nc(N2CCCC(CN3CCN(c4cccc(C(=O)O)c4)CC3)C2)nc2nc(-c3ccco3)nn12. The van der Waals surface area contributed by atoms with Gasteiger partial charge in [0.1, 0.15) is 0 Å². The van der Waals surface area contributed by atoms with Crippen LogP contribution in [0.4, 0.5) is 17.6 Å². The van der Waals surface area contributed by atoms with Crippen molar-refractivity contribution >= 4 is 41.7 Å². The zero-order valence-corrected chi connectivity index (χ0v) is 21.6. The normalized spacial score (nSPS) is 18.5. The Labute approximate surface area is 225 Å². The van der Waals surface area contributed by atoms with Gasteiger partial charge in [0.25, 0.3) is 5.78 Å². The van der Waals surface area contributed by atoms with Gasteiger partial charge in [0.2, 0.25) is 17.7 Å². The van der Waals surface area contributed by atoms with E-state index in [0.29, 0.717) is 34.8 Å². The van der Waals surface area contributed by atoms with Gasteiger partial charge in [-0.3, -0.25) is 4.90 Å². The number of aromatic nitrogens is 5. The fraction of sp³-hybridized carbons (Fsp3) is 0.400. The minimum Gasteiger partial charge on any atom is -0.478 e. The third kappa shape index (κ3) is 5.22. The summed E-state index contributed by atoms with van der Waals surface area (Å²) in [5, 5.41) is 13.7. The van der Waals surface area contributed by atoms with Crippen molar-refractivity contribution in [1.82, 2.24) is 29.5 Å². The summed E-state index contributed by atoms with van der Waals surface area (Å²) in [5.41, 5.74) is 7.50. The molecule has 0 radical (unpaired) electrons. The van der Waals surface area contributed by atoms with Crippen molar-refractivity contribution in [3.63, 3.8) is 0 Å². The molecular formula is C25H30ClN9O3. The van der Waals surface area contributed by atoms with Crippen LogP contribution in [0.1, 0.15) is 23.2 Å². The highest BCUT2D eigenvalue weighted by Crippen LogP contribution is 2.25. The molecule has 13 heteroatoms. The second-order valence-electron chi connectivity index (χ2n) is 9.60. The molecule has 0 saturated carbocycles. The van der Waals surface area contributed by atoms with Crippen molar-refractivity contribution in [2.45, 2.75) is 12.8 Å². The lowest BCUT2D eigenvalue weighted by molar-refractivity contribution is 0.0697. The van der Waals surface area contributed by atoms with Crippen molar-refractivity contribution in [2.75, 3.05) is 61.3 Å². The summed E-state index contributed by atoms with van der Waals surface area (Å²) in [4.78, 5) is 31.9. The molecule has 2 aliphatic rings. The molecule has 6 rings (SSSR count). The van der Waals surface area contributed by atoms with E-state index in [9.17, 15) is 9.90 Å². The number of carboxylic acids is 1. The van der Waals surface area contributed by atoms with E-state index in [1.54, 1.807) is 30.5 Å². The molecule has 0 aliphatic carbocycles. The van der Waals surface area contributed by atoms with Crippen LogP contribution in [-0.2, 0) is 0 Å². The molecule has 1 atom stereocenters. The maximum atomic E-state index is 11.3. The molecule has 0 amide bonds. The topological polar surface area (TPSA) is 142 Å². The van der Waals surface area contributed by atoms with Crippen LogP contribution in [0.25, 0.3) is 17.4 Å². The molecule has 12 nitrogen and oxygen atoms in total. The van der Waals surface area contributed by atoms with Crippen molar-refractivity contribution in [3.8, 4) is 11.6 Å². The fourth-order valence-electron chi connectivity index (χ4n) is 5.23. The van der Waals surface area contributed by atoms with Crippen LogP contribution in [0.15, 0.2) is 47.1 Å². The molecular weight excluding hydrogens is 510 g/mol. The Morgan fingerprint density at radius 1 is 1.05 bits per heavy atom. The standard InChI is InChI=1S/C25H29N9O3.ClH/c26-23-28-24(29-25-27-21(30-34(23)25)20-7-3-13-37-20)33-8-2-4-17(16-33)15-31-9-11-32(12-10-31)19-6-1-5-18(14-19)22(35)36;/h1,3,5-7,13-14,17H,2,4,8-12,15-16H2,(H,35,36)(H2,26,27,28,29,30);1H. The fourth-order valence-corrected chi connectivity index (χ4v) is 5.23. The third-order valence-corrected chi connectivity index (χ3v) is 7.11. The zero-order valence-electron chi connectivity index (χ0n) is 20.8. The minimum atomic E-state index is -0.894. The summed E-state index contributed by atoms with van der Waals surface area (Å²) < 4.78 is 6.84. The molecule has 1 aromatic carbocycles. The van der Waals surface area contributed by atoms with E-state index in [2.05, 4.69) is 34.8 Å². The highest BCUT2D eigenvalue weighted by atomic mass is 35.5. The molecule has 2 fully saturated rings. The second kappa shape index (κ2) is 10.8. The number of carbonyl (C=O) groups is 1. The van der Waals surface area contributed by atoms with E-state index < -0.39 is 5.97 Å². The number of anilines is 3. The van der Waals surface area contributed by atoms with Gasteiger partial charge in [0.05, 0.1) is 11.8 Å². The first-order valence-corrected chi connectivity index (χ1v) is 12.5. The molecule has 0 bridgehead atoms. The highest BCUT2D eigenvalue weighted by Gasteiger charge is 2.27. The van der Waals surface area contributed by atoms with E-state index >= 15 is 0 Å². The first kappa shape index (κ1) is 25.7. The molecule has 1 unspecified atom stereocenters. The van der Waals surface area contributed by atoms with Crippen LogP contribution >= 0.6 is 12.4 Å². The Kier molecular flexibility index (Phi) is 7.34. The van der Waals surface area contributed by atoms with Gasteiger partial charge in [-0.15, -0.1) is 17.5 Å². The number of aromatic carboxylic acids is 1. The first-order chi connectivity index (χ1) is 18.0. The zero-order chi connectivity index (χ0) is 25.4. The molecule has 38 heavy (non-hydrogen) atoms. The van der Waals surface area contributed by atoms with E-state index in [1.165, 1.54) is 4.52 Å². The second-order valence-corrected chi connectivity index (χ2v) is 9.60. The Hall–Kier alpha value is -3.90. The molecule has 0 spiro atoms. The average Bonchev–Trinajstić information content (AvgIpc) is 3.60. The van der Waals surface area contributed by atoms with E-state index in [1.807, 2.05) is 12.1 Å². The van der Waals surface area contributed by atoms with Crippen molar-refractivity contribution in [2.24, 2.45) is 5.92 Å². The quantitative estimate of drug-likeness (QED) is 0.373.